The quantitative estimate of drug-likeness (QED) is 0.816. The van der Waals surface area contributed by atoms with E-state index in [1.165, 1.54) is 12.4 Å². The first-order chi connectivity index (χ1) is 9.95. The van der Waals surface area contributed by atoms with E-state index in [0.717, 1.165) is 24.2 Å². The van der Waals surface area contributed by atoms with Crippen molar-refractivity contribution in [2.45, 2.75) is 51.1 Å². The van der Waals surface area contributed by atoms with E-state index in [0.29, 0.717) is 6.54 Å². The van der Waals surface area contributed by atoms with E-state index in [1.807, 2.05) is 13.8 Å². The standard InChI is InChI=1S/C14H20N4O2S/c1-4-5-9-18-12(3)11(2)17-14(18)21(19,20)10-13-15-7-6-8-16-13/h6-8H,4-5,9-10H2,1-3H3. The smallest absolute Gasteiger partial charge is 0.228 e. The lowest BCUT2D eigenvalue weighted by atomic mass is 10.3. The van der Waals surface area contributed by atoms with Crippen molar-refractivity contribution in [2.24, 2.45) is 0 Å². The van der Waals surface area contributed by atoms with Gasteiger partial charge in [-0.3, -0.25) is 0 Å². The van der Waals surface area contributed by atoms with Gasteiger partial charge in [-0.2, -0.15) is 0 Å². The monoisotopic (exact) mass is 308 g/mol. The number of hydrogen-bond donors (Lipinski definition) is 0. The van der Waals surface area contributed by atoms with Crippen LogP contribution in [-0.2, 0) is 22.1 Å². The summed E-state index contributed by atoms with van der Waals surface area (Å²) in [5, 5.41) is 0.124. The van der Waals surface area contributed by atoms with Crippen molar-refractivity contribution in [3.05, 3.63) is 35.7 Å². The minimum Gasteiger partial charge on any atom is -0.319 e. The Morgan fingerprint density at radius 3 is 2.48 bits per heavy atom. The van der Waals surface area contributed by atoms with E-state index in [4.69, 9.17) is 0 Å². The summed E-state index contributed by atoms with van der Waals surface area (Å²) in [7, 11) is -3.55. The van der Waals surface area contributed by atoms with E-state index in [-0.39, 0.29) is 16.7 Å². The third kappa shape index (κ3) is 3.47. The number of aryl methyl sites for hydroxylation is 1. The van der Waals surface area contributed by atoms with E-state index in [9.17, 15) is 8.42 Å². The van der Waals surface area contributed by atoms with Crippen LogP contribution in [0.2, 0.25) is 0 Å². The van der Waals surface area contributed by atoms with Crippen LogP contribution in [0.5, 0.6) is 0 Å². The van der Waals surface area contributed by atoms with E-state index in [2.05, 4.69) is 21.9 Å². The second-order valence-corrected chi connectivity index (χ2v) is 6.88. The van der Waals surface area contributed by atoms with Gasteiger partial charge in [-0.1, -0.05) is 13.3 Å². The van der Waals surface area contributed by atoms with Crippen LogP contribution in [0, 0.1) is 13.8 Å². The molecule has 2 aromatic rings. The maximum absolute atomic E-state index is 12.6. The van der Waals surface area contributed by atoms with Crippen molar-refractivity contribution >= 4 is 9.84 Å². The lowest BCUT2D eigenvalue weighted by Gasteiger charge is -2.09. The molecule has 21 heavy (non-hydrogen) atoms. The minimum absolute atomic E-state index is 0.124. The molecule has 0 aliphatic heterocycles. The Hall–Kier alpha value is -1.76. The molecule has 0 saturated heterocycles. The molecular formula is C14H20N4O2S. The molecule has 0 aliphatic rings. The van der Waals surface area contributed by atoms with Gasteiger partial charge in [0, 0.05) is 24.6 Å². The van der Waals surface area contributed by atoms with Gasteiger partial charge < -0.3 is 4.57 Å². The summed E-state index contributed by atoms with van der Waals surface area (Å²) in [6.45, 7) is 6.46. The first kappa shape index (κ1) is 15.6. The lowest BCUT2D eigenvalue weighted by molar-refractivity contribution is 0.537. The zero-order valence-corrected chi connectivity index (χ0v) is 13.4. The molecule has 0 aliphatic carbocycles. The Bertz CT molecular complexity index is 708. The van der Waals surface area contributed by atoms with Crippen molar-refractivity contribution < 1.29 is 8.42 Å². The molecule has 0 N–H and O–H groups in total. The highest BCUT2D eigenvalue weighted by Crippen LogP contribution is 2.19. The van der Waals surface area contributed by atoms with Crippen LogP contribution in [0.4, 0.5) is 0 Å². The fourth-order valence-electron chi connectivity index (χ4n) is 2.08. The van der Waals surface area contributed by atoms with Crippen LogP contribution < -0.4 is 0 Å². The largest absolute Gasteiger partial charge is 0.319 e. The Kier molecular flexibility index (Phi) is 4.72. The Balaban J connectivity index is 2.38. The average molecular weight is 308 g/mol. The minimum atomic E-state index is -3.55. The molecule has 2 rings (SSSR count). The van der Waals surface area contributed by atoms with E-state index < -0.39 is 9.84 Å². The molecular weight excluding hydrogens is 288 g/mol. The van der Waals surface area contributed by atoms with Gasteiger partial charge >= 0.3 is 0 Å². The van der Waals surface area contributed by atoms with Gasteiger partial charge in [0.2, 0.25) is 15.0 Å². The SMILES string of the molecule is CCCCn1c(S(=O)(=O)Cc2ncccn2)nc(C)c1C. The molecule has 0 bridgehead atoms. The van der Waals surface area contributed by atoms with Gasteiger partial charge in [0.1, 0.15) is 11.6 Å². The highest BCUT2D eigenvalue weighted by Gasteiger charge is 2.25. The van der Waals surface area contributed by atoms with Gasteiger partial charge in [-0.05, 0) is 26.3 Å². The zero-order valence-electron chi connectivity index (χ0n) is 12.6. The predicted octanol–water partition coefficient (Wildman–Crippen LogP) is 2.06. The fraction of sp³-hybridized carbons (Fsp3) is 0.500. The summed E-state index contributed by atoms with van der Waals surface area (Å²) in [4.78, 5) is 12.2. The number of nitrogens with zero attached hydrogens (tertiary/aromatic N) is 4. The Morgan fingerprint density at radius 2 is 1.86 bits per heavy atom. The predicted molar refractivity (Wildman–Crippen MR) is 79.5 cm³/mol. The van der Waals surface area contributed by atoms with Crippen LogP contribution in [0.1, 0.15) is 37.0 Å². The van der Waals surface area contributed by atoms with Crippen LogP contribution in [0.25, 0.3) is 0 Å². The molecule has 0 radical (unpaired) electrons. The number of unbranched alkanes of at least 4 members (excludes halogenated alkanes) is 1. The number of sulfone groups is 1. The summed E-state index contributed by atoms with van der Waals surface area (Å²) in [6, 6.07) is 1.66. The highest BCUT2D eigenvalue weighted by atomic mass is 32.2. The van der Waals surface area contributed by atoms with Gasteiger partial charge in [-0.25, -0.2) is 23.4 Å². The molecule has 0 spiro atoms. The third-order valence-electron chi connectivity index (χ3n) is 3.37. The fourth-order valence-corrected chi connectivity index (χ4v) is 3.54. The summed E-state index contributed by atoms with van der Waals surface area (Å²) >= 11 is 0. The summed E-state index contributed by atoms with van der Waals surface area (Å²) in [5.41, 5.74) is 1.65. The summed E-state index contributed by atoms with van der Waals surface area (Å²) < 4.78 is 27.0. The molecule has 114 valence electrons. The van der Waals surface area contributed by atoms with E-state index >= 15 is 0 Å². The number of imidazole rings is 1. The summed E-state index contributed by atoms with van der Waals surface area (Å²) in [6.07, 6.45) is 4.99. The molecule has 0 unspecified atom stereocenters. The van der Waals surface area contributed by atoms with Crippen molar-refractivity contribution in [1.29, 1.82) is 0 Å². The maximum atomic E-state index is 12.6. The van der Waals surface area contributed by atoms with Crippen molar-refractivity contribution in [3.8, 4) is 0 Å². The molecule has 2 heterocycles. The van der Waals surface area contributed by atoms with Crippen LogP contribution in [0.3, 0.4) is 0 Å². The summed E-state index contributed by atoms with van der Waals surface area (Å²) in [5.74, 6) is 0.0633. The topological polar surface area (TPSA) is 77.7 Å². The molecule has 0 amide bonds. The van der Waals surface area contributed by atoms with Crippen molar-refractivity contribution in [2.75, 3.05) is 0 Å². The average Bonchev–Trinajstić information content (AvgIpc) is 2.74. The maximum Gasteiger partial charge on any atom is 0.228 e. The van der Waals surface area contributed by atoms with Gasteiger partial charge in [0.05, 0.1) is 5.69 Å². The van der Waals surface area contributed by atoms with Crippen LogP contribution in [-0.4, -0.2) is 27.9 Å². The Morgan fingerprint density at radius 1 is 1.19 bits per heavy atom. The molecule has 2 aromatic heterocycles. The molecule has 7 heteroatoms. The first-order valence-corrected chi connectivity index (χ1v) is 8.63. The lowest BCUT2D eigenvalue weighted by Crippen LogP contribution is -2.15. The van der Waals surface area contributed by atoms with Crippen molar-refractivity contribution in [1.82, 2.24) is 19.5 Å². The van der Waals surface area contributed by atoms with Gasteiger partial charge in [0.15, 0.2) is 0 Å². The Labute approximate surface area is 125 Å². The molecule has 0 aromatic carbocycles. The number of aromatic nitrogens is 4. The van der Waals surface area contributed by atoms with Crippen LogP contribution >= 0.6 is 0 Å². The third-order valence-corrected chi connectivity index (χ3v) is 4.88. The molecule has 0 atom stereocenters. The second-order valence-electron chi connectivity index (χ2n) is 4.99. The number of rotatable bonds is 6. The molecule has 0 fully saturated rings. The number of hydrogen-bond acceptors (Lipinski definition) is 5. The van der Waals surface area contributed by atoms with Crippen molar-refractivity contribution in [3.63, 3.8) is 0 Å². The zero-order chi connectivity index (χ0) is 15.5. The van der Waals surface area contributed by atoms with Crippen LogP contribution in [0.15, 0.2) is 23.6 Å². The molecule has 0 saturated carbocycles. The first-order valence-electron chi connectivity index (χ1n) is 6.98. The van der Waals surface area contributed by atoms with Gasteiger partial charge in [-0.15, -0.1) is 0 Å². The molecule has 6 nitrogen and oxygen atoms in total. The normalized spacial score (nSPS) is 11.8. The highest BCUT2D eigenvalue weighted by molar-refractivity contribution is 7.90. The second kappa shape index (κ2) is 6.34. The van der Waals surface area contributed by atoms with E-state index in [1.54, 1.807) is 10.6 Å². The van der Waals surface area contributed by atoms with Gasteiger partial charge in [0.25, 0.3) is 0 Å².